The van der Waals surface area contributed by atoms with Crippen molar-refractivity contribution < 1.29 is 9.47 Å². The summed E-state index contributed by atoms with van der Waals surface area (Å²) < 4.78 is 12.0. The van der Waals surface area contributed by atoms with E-state index >= 15 is 0 Å². The molecule has 236 valence electrons. The Morgan fingerprint density at radius 1 is 1.02 bits per heavy atom. The van der Waals surface area contributed by atoms with Crippen LogP contribution < -0.4 is 19.9 Å². The minimum Gasteiger partial charge on any atom is -0.461 e. The Balaban J connectivity index is 1.06. The fraction of sp³-hybridized carbons (Fsp3) is 0.559. The molecule has 5 aliphatic rings. The van der Waals surface area contributed by atoms with E-state index in [1.165, 1.54) is 5.56 Å². The van der Waals surface area contributed by atoms with Gasteiger partial charge in [0.25, 0.3) is 0 Å². The van der Waals surface area contributed by atoms with E-state index in [-0.39, 0.29) is 11.6 Å². The number of nitrogens with one attached hydrogen (secondary N) is 1. The highest BCUT2D eigenvalue weighted by Gasteiger charge is 2.50. The van der Waals surface area contributed by atoms with Crippen LogP contribution >= 0.6 is 11.6 Å². The van der Waals surface area contributed by atoms with Crippen LogP contribution in [0.2, 0.25) is 5.02 Å². The molecule has 0 amide bonds. The van der Waals surface area contributed by atoms with Crippen molar-refractivity contribution in [3.05, 3.63) is 52.7 Å². The largest absolute Gasteiger partial charge is 0.461 e. The Bertz CT molecular complexity index is 1590. The Morgan fingerprint density at radius 3 is 2.60 bits per heavy atom. The number of piperazine rings is 2. The van der Waals surface area contributed by atoms with Crippen LogP contribution in [0.3, 0.4) is 0 Å². The SMILES string of the molecule is N#CC[C@H]1CN(c2nc(OCC3(N4CCN(C5COC5)CC4)CC3)nc3c2CCN(c2cccc4cccc(Cl)c24)C3)CCN1. The second kappa shape index (κ2) is 12.2. The van der Waals surface area contributed by atoms with Crippen molar-refractivity contribution in [2.75, 3.05) is 82.0 Å². The van der Waals surface area contributed by atoms with Crippen LogP contribution in [0.25, 0.3) is 10.8 Å². The van der Waals surface area contributed by atoms with Gasteiger partial charge in [0.2, 0.25) is 0 Å². The van der Waals surface area contributed by atoms with Crippen LogP contribution in [0.5, 0.6) is 6.01 Å². The summed E-state index contributed by atoms with van der Waals surface area (Å²) in [6, 6.07) is 16.0. The van der Waals surface area contributed by atoms with Gasteiger partial charge in [-0.3, -0.25) is 9.80 Å². The zero-order valence-corrected chi connectivity index (χ0v) is 26.5. The topological polar surface area (TPSA) is 93.0 Å². The van der Waals surface area contributed by atoms with Gasteiger partial charge in [0.15, 0.2) is 0 Å². The predicted molar refractivity (Wildman–Crippen MR) is 175 cm³/mol. The van der Waals surface area contributed by atoms with Gasteiger partial charge >= 0.3 is 6.01 Å². The summed E-state index contributed by atoms with van der Waals surface area (Å²) in [6.45, 7) is 10.6. The van der Waals surface area contributed by atoms with Crippen molar-refractivity contribution in [2.45, 2.75) is 49.9 Å². The van der Waals surface area contributed by atoms with Crippen LogP contribution in [0.15, 0.2) is 36.4 Å². The maximum atomic E-state index is 9.38. The second-order valence-electron chi connectivity index (χ2n) is 13.2. The smallest absolute Gasteiger partial charge is 0.318 e. The number of ether oxygens (including phenoxy) is 2. The molecule has 1 saturated carbocycles. The fourth-order valence-corrected chi connectivity index (χ4v) is 7.89. The van der Waals surface area contributed by atoms with Gasteiger partial charge in [-0.15, -0.1) is 0 Å². The molecule has 4 fully saturated rings. The van der Waals surface area contributed by atoms with Crippen molar-refractivity contribution in [1.82, 2.24) is 25.1 Å². The van der Waals surface area contributed by atoms with Gasteiger partial charge in [0.1, 0.15) is 12.4 Å². The monoisotopic (exact) mass is 628 g/mol. The predicted octanol–water partition coefficient (Wildman–Crippen LogP) is 3.47. The van der Waals surface area contributed by atoms with E-state index in [1.807, 2.05) is 12.1 Å². The highest BCUT2D eigenvalue weighted by atomic mass is 35.5. The second-order valence-corrected chi connectivity index (χ2v) is 13.6. The number of halogens is 1. The summed E-state index contributed by atoms with van der Waals surface area (Å²) in [5.74, 6) is 0.969. The summed E-state index contributed by atoms with van der Waals surface area (Å²) in [5, 5.41) is 15.9. The number of anilines is 2. The lowest BCUT2D eigenvalue weighted by atomic mass is 10.0. The Hall–Kier alpha value is -3.20. The minimum absolute atomic E-state index is 0.0836. The molecule has 1 aliphatic carbocycles. The van der Waals surface area contributed by atoms with Gasteiger partial charge in [0, 0.05) is 75.0 Å². The highest BCUT2D eigenvalue weighted by Crippen LogP contribution is 2.43. The van der Waals surface area contributed by atoms with Crippen LogP contribution in [0.1, 0.15) is 30.5 Å². The molecule has 0 spiro atoms. The molecule has 5 heterocycles. The van der Waals surface area contributed by atoms with Gasteiger partial charge in [-0.1, -0.05) is 35.9 Å². The molecule has 1 atom stereocenters. The third kappa shape index (κ3) is 5.70. The van der Waals surface area contributed by atoms with Crippen LogP contribution in [-0.2, 0) is 17.7 Å². The average Bonchev–Trinajstić information content (AvgIpc) is 3.84. The minimum atomic E-state index is 0.0836. The number of benzene rings is 2. The van der Waals surface area contributed by atoms with Crippen LogP contribution in [0, 0.1) is 11.3 Å². The molecule has 8 rings (SSSR count). The van der Waals surface area contributed by atoms with E-state index in [2.05, 4.69) is 55.3 Å². The number of nitriles is 1. The quantitative estimate of drug-likeness (QED) is 0.400. The molecule has 11 heteroatoms. The van der Waals surface area contributed by atoms with Crippen LogP contribution in [-0.4, -0.2) is 110 Å². The molecule has 0 unspecified atom stereocenters. The number of aromatic nitrogens is 2. The van der Waals surface area contributed by atoms with E-state index in [0.717, 1.165) is 118 Å². The molecular formula is C34H41ClN8O2. The zero-order valence-electron chi connectivity index (χ0n) is 25.8. The van der Waals surface area contributed by atoms with Crippen LogP contribution in [0.4, 0.5) is 11.5 Å². The number of fused-ring (bicyclic) bond motifs is 2. The first-order valence-electron chi connectivity index (χ1n) is 16.5. The van der Waals surface area contributed by atoms with E-state index in [1.54, 1.807) is 0 Å². The summed E-state index contributed by atoms with van der Waals surface area (Å²) >= 11 is 6.74. The third-order valence-electron chi connectivity index (χ3n) is 10.5. The van der Waals surface area contributed by atoms with Crippen molar-refractivity contribution in [3.63, 3.8) is 0 Å². The van der Waals surface area contributed by atoms with Gasteiger partial charge < -0.3 is 24.6 Å². The van der Waals surface area contributed by atoms with Gasteiger partial charge in [0.05, 0.1) is 54.5 Å². The number of rotatable bonds is 8. The van der Waals surface area contributed by atoms with Crippen molar-refractivity contribution in [1.29, 1.82) is 5.26 Å². The molecule has 45 heavy (non-hydrogen) atoms. The third-order valence-corrected chi connectivity index (χ3v) is 10.8. The first-order valence-corrected chi connectivity index (χ1v) is 16.8. The summed E-state index contributed by atoms with van der Waals surface area (Å²) in [6.07, 6.45) is 3.62. The van der Waals surface area contributed by atoms with E-state index in [9.17, 15) is 5.26 Å². The lowest BCUT2D eigenvalue weighted by Gasteiger charge is -2.44. The molecule has 4 aliphatic heterocycles. The molecule has 1 aromatic heterocycles. The lowest BCUT2D eigenvalue weighted by Crippen LogP contribution is -2.59. The van der Waals surface area contributed by atoms with Gasteiger partial charge in [-0.25, -0.2) is 0 Å². The zero-order chi connectivity index (χ0) is 30.4. The molecule has 2 aromatic carbocycles. The number of hydrogen-bond donors (Lipinski definition) is 1. The first-order chi connectivity index (χ1) is 22.1. The van der Waals surface area contributed by atoms with E-state index in [4.69, 9.17) is 31.0 Å². The average molecular weight is 629 g/mol. The first kappa shape index (κ1) is 29.2. The fourth-order valence-electron chi connectivity index (χ4n) is 7.62. The molecule has 10 nitrogen and oxygen atoms in total. The lowest BCUT2D eigenvalue weighted by molar-refractivity contribution is -0.0823. The standard InChI is InChI=1S/C34H41ClN8O2/c35-28-5-1-3-24-4-2-6-30(31(24)28)41-13-8-27-29(20-41)38-33(39-32(27)42-14-12-37-25(19-42)7-11-36)45-23-34(9-10-34)43-17-15-40(16-18-43)26-21-44-22-26/h1-6,25-26,37H,7-10,12-23H2/t25-/m0/s1. The van der Waals surface area contributed by atoms with Gasteiger partial charge in [-0.2, -0.15) is 15.2 Å². The van der Waals surface area contributed by atoms with E-state index < -0.39 is 0 Å². The highest BCUT2D eigenvalue weighted by molar-refractivity contribution is 6.36. The Labute approximate surface area is 269 Å². The normalized spacial score (nSPS) is 23.8. The van der Waals surface area contributed by atoms with E-state index in [0.29, 0.717) is 31.6 Å². The number of hydrogen-bond acceptors (Lipinski definition) is 10. The molecular weight excluding hydrogens is 588 g/mol. The van der Waals surface area contributed by atoms with Crippen molar-refractivity contribution in [2.24, 2.45) is 0 Å². The molecule has 3 saturated heterocycles. The maximum absolute atomic E-state index is 9.38. The Morgan fingerprint density at radius 2 is 1.84 bits per heavy atom. The number of nitrogens with zero attached hydrogens (tertiary/aromatic N) is 7. The molecule has 0 bridgehead atoms. The Kier molecular flexibility index (Phi) is 7.92. The summed E-state index contributed by atoms with van der Waals surface area (Å²) in [4.78, 5) is 20.1. The molecule has 0 radical (unpaired) electrons. The maximum Gasteiger partial charge on any atom is 0.318 e. The van der Waals surface area contributed by atoms with Crippen molar-refractivity contribution >= 4 is 33.9 Å². The van der Waals surface area contributed by atoms with Gasteiger partial charge in [-0.05, 0) is 36.8 Å². The summed E-state index contributed by atoms with van der Waals surface area (Å²) in [5.41, 5.74) is 3.43. The molecule has 1 N–H and O–H groups in total. The van der Waals surface area contributed by atoms with Crippen molar-refractivity contribution in [3.8, 4) is 12.1 Å². The summed E-state index contributed by atoms with van der Waals surface area (Å²) in [7, 11) is 0. The molecule has 3 aromatic rings.